The summed E-state index contributed by atoms with van der Waals surface area (Å²) in [5, 5.41) is 12.2. The van der Waals surface area contributed by atoms with Crippen LogP contribution in [0.4, 0.5) is 5.82 Å². The van der Waals surface area contributed by atoms with Crippen LogP contribution in [0.2, 0.25) is 0 Å². The molecule has 108 valence electrons. The molecule has 1 aromatic heterocycles. The fourth-order valence-corrected chi connectivity index (χ4v) is 2.47. The predicted octanol–water partition coefficient (Wildman–Crippen LogP) is 1.92. The molecule has 1 aliphatic carbocycles. The number of carbonyl (C=O) groups is 2. The van der Waals surface area contributed by atoms with E-state index in [1.54, 1.807) is 18.3 Å². The van der Waals surface area contributed by atoms with Crippen molar-refractivity contribution in [2.24, 2.45) is 5.92 Å². The summed E-state index contributed by atoms with van der Waals surface area (Å²) >= 11 is 0. The minimum absolute atomic E-state index is 0.143. The molecule has 0 saturated heterocycles. The van der Waals surface area contributed by atoms with Crippen molar-refractivity contribution in [3.63, 3.8) is 0 Å². The highest BCUT2D eigenvalue weighted by Crippen LogP contribution is 2.27. The summed E-state index contributed by atoms with van der Waals surface area (Å²) < 4.78 is 4.72. The minimum atomic E-state index is -0.725. The second kappa shape index (κ2) is 6.36. The van der Waals surface area contributed by atoms with Gasteiger partial charge in [-0.2, -0.15) is 0 Å². The normalized spacial score (nSPS) is 22.1. The Balaban J connectivity index is 2.01. The Labute approximate surface area is 117 Å². The van der Waals surface area contributed by atoms with Gasteiger partial charge in [-0.05, 0) is 37.8 Å². The summed E-state index contributed by atoms with van der Waals surface area (Å²) in [5.74, 6) is -0.911. The molecule has 0 atom stereocenters. The molecule has 0 aromatic carbocycles. The molecule has 1 aromatic rings. The van der Waals surface area contributed by atoms with Gasteiger partial charge in [0.1, 0.15) is 11.4 Å². The van der Waals surface area contributed by atoms with Crippen molar-refractivity contribution < 1.29 is 19.4 Å². The molecule has 20 heavy (non-hydrogen) atoms. The van der Waals surface area contributed by atoms with Crippen LogP contribution in [0.1, 0.15) is 36.0 Å². The van der Waals surface area contributed by atoms with E-state index in [4.69, 9.17) is 9.84 Å². The van der Waals surface area contributed by atoms with Gasteiger partial charge in [0.05, 0.1) is 13.0 Å². The first-order valence-electron chi connectivity index (χ1n) is 6.64. The number of esters is 1. The molecule has 0 radical (unpaired) electrons. The average molecular weight is 278 g/mol. The maximum Gasteiger partial charge on any atom is 0.341 e. The number of anilines is 1. The Bertz CT molecular complexity index is 496. The summed E-state index contributed by atoms with van der Waals surface area (Å²) in [6.07, 6.45) is 4.42. The van der Waals surface area contributed by atoms with Crippen molar-refractivity contribution in [1.82, 2.24) is 4.98 Å². The van der Waals surface area contributed by atoms with Gasteiger partial charge in [-0.15, -0.1) is 0 Å². The number of aliphatic carboxylic acids is 1. The Morgan fingerprint density at radius 2 is 2.05 bits per heavy atom. The molecule has 0 amide bonds. The second-order valence-electron chi connectivity index (χ2n) is 4.92. The monoisotopic (exact) mass is 278 g/mol. The van der Waals surface area contributed by atoms with E-state index in [1.165, 1.54) is 7.11 Å². The third kappa shape index (κ3) is 3.26. The van der Waals surface area contributed by atoms with Crippen molar-refractivity contribution >= 4 is 17.8 Å². The van der Waals surface area contributed by atoms with E-state index in [0.29, 0.717) is 24.2 Å². The van der Waals surface area contributed by atoms with Gasteiger partial charge < -0.3 is 15.2 Å². The Morgan fingerprint density at radius 3 is 2.65 bits per heavy atom. The van der Waals surface area contributed by atoms with E-state index in [0.717, 1.165) is 12.8 Å². The van der Waals surface area contributed by atoms with Crippen LogP contribution in [0, 0.1) is 5.92 Å². The SMILES string of the molecule is COC(=O)c1cccnc1NC1CCC(C(=O)O)CC1. The molecule has 1 fully saturated rings. The first kappa shape index (κ1) is 14.3. The minimum Gasteiger partial charge on any atom is -0.481 e. The Kier molecular flexibility index (Phi) is 4.55. The Morgan fingerprint density at radius 1 is 1.35 bits per heavy atom. The molecular formula is C14H18N2O4. The van der Waals surface area contributed by atoms with Crippen LogP contribution in [-0.4, -0.2) is 35.2 Å². The van der Waals surface area contributed by atoms with Crippen LogP contribution < -0.4 is 5.32 Å². The summed E-state index contributed by atoms with van der Waals surface area (Å²) in [4.78, 5) is 26.7. The smallest absolute Gasteiger partial charge is 0.341 e. The molecule has 6 nitrogen and oxygen atoms in total. The lowest BCUT2D eigenvalue weighted by atomic mass is 9.86. The zero-order valence-electron chi connectivity index (χ0n) is 11.3. The van der Waals surface area contributed by atoms with Crippen LogP contribution in [0.5, 0.6) is 0 Å². The van der Waals surface area contributed by atoms with Crippen LogP contribution in [0.15, 0.2) is 18.3 Å². The predicted molar refractivity (Wildman–Crippen MR) is 72.6 cm³/mol. The second-order valence-corrected chi connectivity index (χ2v) is 4.92. The van der Waals surface area contributed by atoms with Gasteiger partial charge in [0.15, 0.2) is 0 Å². The number of methoxy groups -OCH3 is 1. The highest BCUT2D eigenvalue weighted by Gasteiger charge is 2.26. The van der Waals surface area contributed by atoms with Gasteiger partial charge in [-0.3, -0.25) is 4.79 Å². The number of carboxylic acid groups (broad SMARTS) is 1. The topological polar surface area (TPSA) is 88.5 Å². The lowest BCUT2D eigenvalue weighted by Crippen LogP contribution is -2.30. The number of aromatic nitrogens is 1. The molecule has 0 unspecified atom stereocenters. The van der Waals surface area contributed by atoms with Gasteiger partial charge in [0.25, 0.3) is 0 Å². The fraction of sp³-hybridized carbons (Fsp3) is 0.500. The molecule has 2 N–H and O–H groups in total. The van der Waals surface area contributed by atoms with E-state index in [1.807, 2.05) is 0 Å². The maximum absolute atomic E-state index is 11.6. The summed E-state index contributed by atoms with van der Waals surface area (Å²) in [7, 11) is 1.33. The third-order valence-electron chi connectivity index (χ3n) is 3.63. The van der Waals surface area contributed by atoms with Crippen molar-refractivity contribution in [1.29, 1.82) is 0 Å². The lowest BCUT2D eigenvalue weighted by molar-refractivity contribution is -0.142. The fourth-order valence-electron chi connectivity index (χ4n) is 2.47. The molecule has 0 spiro atoms. The zero-order chi connectivity index (χ0) is 14.5. The molecule has 2 rings (SSSR count). The summed E-state index contributed by atoms with van der Waals surface area (Å²) in [6, 6.07) is 3.48. The van der Waals surface area contributed by atoms with Crippen molar-refractivity contribution in [2.75, 3.05) is 12.4 Å². The summed E-state index contributed by atoms with van der Waals surface area (Å²) in [6.45, 7) is 0. The summed E-state index contributed by atoms with van der Waals surface area (Å²) in [5.41, 5.74) is 0.398. The number of nitrogens with one attached hydrogen (secondary N) is 1. The quantitative estimate of drug-likeness (QED) is 0.818. The van der Waals surface area contributed by atoms with Crippen molar-refractivity contribution in [3.8, 4) is 0 Å². The van der Waals surface area contributed by atoms with E-state index in [9.17, 15) is 9.59 Å². The number of pyridine rings is 1. The number of rotatable bonds is 4. The molecule has 1 aliphatic rings. The highest BCUT2D eigenvalue weighted by atomic mass is 16.5. The van der Waals surface area contributed by atoms with Gasteiger partial charge in [0, 0.05) is 12.2 Å². The lowest BCUT2D eigenvalue weighted by Gasteiger charge is -2.27. The first-order valence-corrected chi connectivity index (χ1v) is 6.64. The molecule has 0 bridgehead atoms. The van der Waals surface area contributed by atoms with Crippen LogP contribution in [0.25, 0.3) is 0 Å². The number of hydrogen-bond donors (Lipinski definition) is 2. The molecule has 0 aliphatic heterocycles. The van der Waals surface area contributed by atoms with Crippen LogP contribution in [-0.2, 0) is 9.53 Å². The zero-order valence-corrected chi connectivity index (χ0v) is 11.3. The average Bonchev–Trinajstić information content (AvgIpc) is 2.47. The van der Waals surface area contributed by atoms with Gasteiger partial charge in [-0.25, -0.2) is 9.78 Å². The first-order chi connectivity index (χ1) is 9.61. The van der Waals surface area contributed by atoms with E-state index in [2.05, 4.69) is 10.3 Å². The van der Waals surface area contributed by atoms with Crippen LogP contribution in [0.3, 0.4) is 0 Å². The molecule has 1 heterocycles. The highest BCUT2D eigenvalue weighted by molar-refractivity contribution is 5.94. The number of hydrogen-bond acceptors (Lipinski definition) is 5. The number of ether oxygens (including phenoxy) is 1. The molecular weight excluding hydrogens is 260 g/mol. The molecule has 1 saturated carbocycles. The third-order valence-corrected chi connectivity index (χ3v) is 3.63. The maximum atomic E-state index is 11.6. The largest absolute Gasteiger partial charge is 0.481 e. The van der Waals surface area contributed by atoms with E-state index < -0.39 is 11.9 Å². The standard InChI is InChI=1S/C14H18N2O4/c1-20-14(19)11-3-2-8-15-12(11)16-10-6-4-9(5-7-10)13(17)18/h2-3,8-10H,4-7H2,1H3,(H,15,16)(H,17,18). The number of carboxylic acids is 1. The van der Waals surface area contributed by atoms with Crippen LogP contribution >= 0.6 is 0 Å². The van der Waals surface area contributed by atoms with Crippen molar-refractivity contribution in [3.05, 3.63) is 23.9 Å². The van der Waals surface area contributed by atoms with Crippen molar-refractivity contribution in [2.45, 2.75) is 31.7 Å². The molecule has 6 heteroatoms. The van der Waals surface area contributed by atoms with Gasteiger partial charge in [0.2, 0.25) is 0 Å². The number of carbonyl (C=O) groups excluding carboxylic acids is 1. The van der Waals surface area contributed by atoms with E-state index in [-0.39, 0.29) is 12.0 Å². The Hall–Kier alpha value is -2.11. The van der Waals surface area contributed by atoms with Gasteiger partial charge in [-0.1, -0.05) is 0 Å². The van der Waals surface area contributed by atoms with Gasteiger partial charge >= 0.3 is 11.9 Å². The number of nitrogens with zero attached hydrogens (tertiary/aromatic N) is 1. The van der Waals surface area contributed by atoms with E-state index >= 15 is 0 Å².